The molecule has 0 aliphatic rings. The van der Waals surface area contributed by atoms with Gasteiger partial charge in [0.05, 0.1) is 0 Å². The monoisotopic (exact) mass is 463 g/mol. The molecule has 0 aromatic carbocycles. The minimum atomic E-state index is -1.45. The summed E-state index contributed by atoms with van der Waals surface area (Å²) >= 11 is 0. The Morgan fingerprint density at radius 2 is 1.06 bits per heavy atom. The van der Waals surface area contributed by atoms with E-state index in [1.807, 2.05) is 0 Å². The van der Waals surface area contributed by atoms with Crippen molar-refractivity contribution in [1.82, 2.24) is 16.0 Å². The predicted molar refractivity (Wildman–Crippen MR) is 108 cm³/mol. The van der Waals surface area contributed by atoms with Gasteiger partial charge in [-0.1, -0.05) is 13.8 Å². The van der Waals surface area contributed by atoms with E-state index in [2.05, 4.69) is 16.0 Å². The number of ketones is 1. The highest BCUT2D eigenvalue weighted by molar-refractivity contribution is 5.87. The molecule has 0 spiro atoms. The molecule has 0 aromatic heterocycles. The quantitative estimate of drug-likeness (QED) is 0.163. The fourth-order valence-electron chi connectivity index (χ4n) is 2.65. The van der Waals surface area contributed by atoms with Crippen molar-refractivity contribution in [3.63, 3.8) is 0 Å². The molecule has 2 amide bonds. The van der Waals surface area contributed by atoms with Crippen LogP contribution in [-0.4, -0.2) is 81.7 Å². The van der Waals surface area contributed by atoms with Crippen molar-refractivity contribution < 1.29 is 48.5 Å². The Morgan fingerprint density at radius 1 is 0.688 bits per heavy atom. The van der Waals surface area contributed by atoms with Crippen LogP contribution in [0.1, 0.15) is 52.4 Å². The van der Waals surface area contributed by atoms with Gasteiger partial charge in [0.15, 0.2) is 5.78 Å². The standard InChI is InChI=1S/C19H30FN3O9/c1-10(2)21-12(17(27)28)5-7-15(25)23-14(19(31)32)6-8-16(26)22-13(18(29)30)4-3-11(24)9-20/h10,12-14,21H,3-9H2,1-2H3,(H,22,26)(H,23,25)(H,27,28)(H,29,30)(H,31,32). The number of hydrogen-bond donors (Lipinski definition) is 6. The number of carboxylic acid groups (broad SMARTS) is 3. The highest BCUT2D eigenvalue weighted by Gasteiger charge is 2.25. The Labute approximate surface area is 183 Å². The average molecular weight is 463 g/mol. The van der Waals surface area contributed by atoms with Crippen LogP contribution in [0, 0.1) is 0 Å². The van der Waals surface area contributed by atoms with Crippen LogP contribution in [0.4, 0.5) is 4.39 Å². The number of carbonyl (C=O) groups is 6. The Hall–Kier alpha value is -3.09. The summed E-state index contributed by atoms with van der Waals surface area (Å²) in [5.74, 6) is -6.37. The van der Waals surface area contributed by atoms with Crippen LogP contribution < -0.4 is 16.0 Å². The van der Waals surface area contributed by atoms with E-state index in [1.165, 1.54) is 0 Å². The molecule has 182 valence electrons. The van der Waals surface area contributed by atoms with Crippen molar-refractivity contribution in [2.24, 2.45) is 0 Å². The second-order valence-corrected chi connectivity index (χ2v) is 7.42. The van der Waals surface area contributed by atoms with Crippen LogP contribution in [0.5, 0.6) is 0 Å². The molecule has 0 aromatic rings. The van der Waals surface area contributed by atoms with E-state index in [1.54, 1.807) is 13.8 Å². The number of halogens is 1. The highest BCUT2D eigenvalue weighted by Crippen LogP contribution is 2.05. The van der Waals surface area contributed by atoms with Crippen molar-refractivity contribution in [3.8, 4) is 0 Å². The van der Waals surface area contributed by atoms with Gasteiger partial charge in [-0.2, -0.15) is 0 Å². The molecule has 0 bridgehead atoms. The molecule has 0 aliphatic heterocycles. The number of carbonyl (C=O) groups excluding carboxylic acids is 3. The fourth-order valence-corrected chi connectivity index (χ4v) is 2.65. The molecule has 0 radical (unpaired) electrons. The summed E-state index contributed by atoms with van der Waals surface area (Å²) in [5.41, 5.74) is 0. The van der Waals surface area contributed by atoms with Crippen molar-refractivity contribution >= 4 is 35.5 Å². The van der Waals surface area contributed by atoms with Crippen LogP contribution in [0.15, 0.2) is 0 Å². The van der Waals surface area contributed by atoms with Gasteiger partial charge in [0, 0.05) is 25.3 Å². The molecule has 12 nitrogen and oxygen atoms in total. The molecule has 3 unspecified atom stereocenters. The largest absolute Gasteiger partial charge is 0.480 e. The van der Waals surface area contributed by atoms with Crippen LogP contribution in [0.2, 0.25) is 0 Å². The molecule has 3 atom stereocenters. The van der Waals surface area contributed by atoms with Gasteiger partial charge in [-0.25, -0.2) is 14.0 Å². The van der Waals surface area contributed by atoms with Gasteiger partial charge in [-0.3, -0.25) is 19.2 Å². The van der Waals surface area contributed by atoms with E-state index in [0.717, 1.165) is 0 Å². The van der Waals surface area contributed by atoms with E-state index in [0.29, 0.717) is 0 Å². The number of alkyl halides is 1. The molecule has 6 N–H and O–H groups in total. The summed E-state index contributed by atoms with van der Waals surface area (Å²) in [6, 6.07) is -4.04. The molecule has 0 saturated carbocycles. The first kappa shape index (κ1) is 28.9. The van der Waals surface area contributed by atoms with E-state index in [-0.39, 0.29) is 38.1 Å². The maximum atomic E-state index is 12.2. The minimum absolute atomic E-state index is 0.0793. The van der Waals surface area contributed by atoms with Gasteiger partial charge < -0.3 is 31.3 Å². The number of carboxylic acids is 3. The maximum absolute atomic E-state index is 12.2. The number of Topliss-reactive ketones (excluding diaryl/α,β-unsaturated/α-hetero) is 1. The number of amides is 2. The van der Waals surface area contributed by atoms with Crippen LogP contribution >= 0.6 is 0 Å². The van der Waals surface area contributed by atoms with E-state index >= 15 is 0 Å². The average Bonchev–Trinajstić information content (AvgIpc) is 2.69. The maximum Gasteiger partial charge on any atom is 0.326 e. The first-order chi connectivity index (χ1) is 14.9. The third-order valence-electron chi connectivity index (χ3n) is 4.28. The number of rotatable bonds is 17. The van der Waals surface area contributed by atoms with E-state index in [9.17, 15) is 38.3 Å². The molecule has 0 saturated heterocycles. The summed E-state index contributed by atoms with van der Waals surface area (Å²) in [6.07, 6.45) is -1.84. The molecule has 0 fully saturated rings. The van der Waals surface area contributed by atoms with Crippen molar-refractivity contribution in [2.75, 3.05) is 6.67 Å². The van der Waals surface area contributed by atoms with Crippen LogP contribution in [0.3, 0.4) is 0 Å². The zero-order valence-electron chi connectivity index (χ0n) is 17.9. The molecule has 32 heavy (non-hydrogen) atoms. The zero-order valence-corrected chi connectivity index (χ0v) is 17.9. The molecule has 0 rings (SSSR count). The lowest BCUT2D eigenvalue weighted by molar-refractivity contribution is -0.143. The van der Waals surface area contributed by atoms with Gasteiger partial charge in [-0.05, 0) is 19.3 Å². The topological polar surface area (TPSA) is 199 Å². The van der Waals surface area contributed by atoms with Crippen LogP contribution in [-0.2, 0) is 28.8 Å². The molecular weight excluding hydrogens is 433 g/mol. The molecule has 0 aliphatic carbocycles. The fraction of sp³-hybridized carbons (Fsp3) is 0.684. The zero-order chi connectivity index (χ0) is 24.8. The number of hydrogen-bond acceptors (Lipinski definition) is 7. The van der Waals surface area contributed by atoms with Gasteiger partial charge in [0.2, 0.25) is 11.8 Å². The van der Waals surface area contributed by atoms with Gasteiger partial charge in [-0.15, -0.1) is 0 Å². The Bertz CT molecular complexity index is 700. The lowest BCUT2D eigenvalue weighted by atomic mass is 10.1. The lowest BCUT2D eigenvalue weighted by Crippen LogP contribution is -2.45. The van der Waals surface area contributed by atoms with Crippen molar-refractivity contribution in [3.05, 3.63) is 0 Å². The summed E-state index contributed by atoms with van der Waals surface area (Å²) < 4.78 is 12.2. The summed E-state index contributed by atoms with van der Waals surface area (Å²) in [5, 5.41) is 34.5. The van der Waals surface area contributed by atoms with Gasteiger partial charge in [0.25, 0.3) is 0 Å². The first-order valence-electron chi connectivity index (χ1n) is 9.98. The van der Waals surface area contributed by atoms with Crippen LogP contribution in [0.25, 0.3) is 0 Å². The molecule has 0 heterocycles. The number of aliphatic carboxylic acids is 3. The smallest absolute Gasteiger partial charge is 0.326 e. The summed E-state index contributed by atoms with van der Waals surface area (Å²) in [4.78, 5) is 68.7. The predicted octanol–water partition coefficient (Wildman–Crippen LogP) is -0.544. The molecule has 13 heteroatoms. The van der Waals surface area contributed by atoms with Gasteiger partial charge >= 0.3 is 17.9 Å². The SMILES string of the molecule is CC(C)NC(CCC(=O)NC(CCC(=O)NC(CCC(=O)CF)C(=O)O)C(=O)O)C(=O)O. The first-order valence-corrected chi connectivity index (χ1v) is 9.98. The third kappa shape index (κ3) is 12.6. The van der Waals surface area contributed by atoms with E-state index < -0.39 is 66.7 Å². The lowest BCUT2D eigenvalue weighted by Gasteiger charge is -2.19. The van der Waals surface area contributed by atoms with Gasteiger partial charge in [0.1, 0.15) is 24.8 Å². The van der Waals surface area contributed by atoms with Crippen molar-refractivity contribution in [1.29, 1.82) is 0 Å². The summed E-state index contributed by atoms with van der Waals surface area (Å²) in [7, 11) is 0. The Balaban J connectivity index is 4.69. The summed E-state index contributed by atoms with van der Waals surface area (Å²) in [6.45, 7) is 2.21. The minimum Gasteiger partial charge on any atom is -0.480 e. The normalized spacial score (nSPS) is 13.6. The molecular formula is C19H30FN3O9. The van der Waals surface area contributed by atoms with E-state index in [4.69, 9.17) is 10.2 Å². The Morgan fingerprint density at radius 3 is 1.41 bits per heavy atom. The van der Waals surface area contributed by atoms with Crippen molar-refractivity contribution in [2.45, 2.75) is 76.5 Å². The Kier molecular flexibility index (Phi) is 13.4. The second-order valence-electron chi connectivity index (χ2n) is 7.42. The highest BCUT2D eigenvalue weighted by atomic mass is 19.1. The second kappa shape index (κ2) is 14.8. The number of nitrogens with one attached hydrogen (secondary N) is 3. The third-order valence-corrected chi connectivity index (χ3v) is 4.28.